The van der Waals surface area contributed by atoms with Crippen molar-refractivity contribution in [1.29, 1.82) is 0 Å². The molecule has 1 N–H and O–H groups in total. The molecule has 0 atom stereocenters. The maximum absolute atomic E-state index is 12.4. The molecule has 1 amide bonds. The van der Waals surface area contributed by atoms with Crippen LogP contribution in [0.3, 0.4) is 0 Å². The number of fused-ring (bicyclic) bond motifs is 3. The number of ether oxygens (including phenoxy) is 1. The summed E-state index contributed by atoms with van der Waals surface area (Å²) in [6, 6.07) is 8.88. The molecule has 0 saturated heterocycles. The molecule has 0 aliphatic carbocycles. The van der Waals surface area contributed by atoms with Crippen molar-refractivity contribution in [1.82, 2.24) is 4.98 Å². The lowest BCUT2D eigenvalue weighted by Crippen LogP contribution is -2.14. The Bertz CT molecular complexity index is 1050. The number of anilines is 1. The highest BCUT2D eigenvalue weighted by Crippen LogP contribution is 2.27. The summed E-state index contributed by atoms with van der Waals surface area (Å²) in [6.45, 7) is 3.39. The van der Waals surface area contributed by atoms with Crippen molar-refractivity contribution in [2.75, 3.05) is 11.9 Å². The van der Waals surface area contributed by atoms with Crippen LogP contribution in [0.2, 0.25) is 0 Å². The number of rotatable bonds is 5. The number of amides is 1. The number of carbonyl (C=O) groups excluding carboxylic acids is 2. The predicted molar refractivity (Wildman–Crippen MR) is 97.0 cm³/mol. The summed E-state index contributed by atoms with van der Waals surface area (Å²) in [7, 11) is 0. The van der Waals surface area contributed by atoms with Crippen LogP contribution in [0.5, 0.6) is 0 Å². The number of nitrogens with one attached hydrogen (secondary N) is 1. The fourth-order valence-corrected chi connectivity index (χ4v) is 2.79. The Hall–Kier alpha value is -3.22. The van der Waals surface area contributed by atoms with Gasteiger partial charge in [-0.3, -0.25) is 9.59 Å². The third kappa shape index (κ3) is 3.56. The molecule has 26 heavy (non-hydrogen) atoms. The number of esters is 1. The molecule has 0 bridgehead atoms. The van der Waals surface area contributed by atoms with Crippen molar-refractivity contribution in [2.45, 2.75) is 26.7 Å². The minimum Gasteiger partial charge on any atom is -0.466 e. The molecule has 2 aromatic heterocycles. The first kappa shape index (κ1) is 17.6. The van der Waals surface area contributed by atoms with E-state index in [0.29, 0.717) is 29.7 Å². The molecule has 0 spiro atoms. The molecule has 3 rings (SSSR count). The van der Waals surface area contributed by atoms with Gasteiger partial charge in [0, 0.05) is 29.8 Å². The normalized spacial score (nSPS) is 10.8. The smallest absolute Gasteiger partial charge is 0.347 e. The standard InChI is InChI=1S/C19H18N2O5/c1-3-25-16(23)9-8-12-10-14-13-6-4-5-7-15(13)26-19(24)17(14)18(21-12)20-11(2)22/h4-7,10H,3,8-9H2,1-2H3,(H,20,21,22). The van der Waals surface area contributed by atoms with Gasteiger partial charge in [-0.25, -0.2) is 9.78 Å². The zero-order valence-corrected chi connectivity index (χ0v) is 14.5. The van der Waals surface area contributed by atoms with Gasteiger partial charge in [0.15, 0.2) is 0 Å². The van der Waals surface area contributed by atoms with Gasteiger partial charge in [0.1, 0.15) is 16.8 Å². The average Bonchev–Trinajstić information content (AvgIpc) is 2.59. The molecule has 0 radical (unpaired) electrons. The molecule has 7 heteroatoms. The first-order chi connectivity index (χ1) is 12.5. The van der Waals surface area contributed by atoms with E-state index in [1.807, 2.05) is 12.1 Å². The van der Waals surface area contributed by atoms with E-state index in [2.05, 4.69) is 10.3 Å². The van der Waals surface area contributed by atoms with Crippen LogP contribution >= 0.6 is 0 Å². The van der Waals surface area contributed by atoms with Gasteiger partial charge in [0.05, 0.1) is 13.0 Å². The zero-order valence-electron chi connectivity index (χ0n) is 14.5. The number of hydrogen-bond acceptors (Lipinski definition) is 6. The van der Waals surface area contributed by atoms with Crippen LogP contribution < -0.4 is 10.9 Å². The molecule has 134 valence electrons. The summed E-state index contributed by atoms with van der Waals surface area (Å²) < 4.78 is 10.3. The van der Waals surface area contributed by atoms with E-state index < -0.39 is 5.63 Å². The Morgan fingerprint density at radius 2 is 2.00 bits per heavy atom. The molecule has 7 nitrogen and oxygen atoms in total. The molecule has 0 aliphatic heterocycles. The summed E-state index contributed by atoms with van der Waals surface area (Å²) in [5.41, 5.74) is 0.443. The summed E-state index contributed by atoms with van der Waals surface area (Å²) in [5.74, 6) is -0.546. The zero-order chi connectivity index (χ0) is 18.7. The van der Waals surface area contributed by atoms with Crippen LogP contribution in [0.15, 0.2) is 39.5 Å². The number of para-hydroxylation sites is 1. The summed E-state index contributed by atoms with van der Waals surface area (Å²) in [5, 5.41) is 4.14. The average molecular weight is 354 g/mol. The topological polar surface area (TPSA) is 98.5 Å². The monoisotopic (exact) mass is 354 g/mol. The molecule has 3 aromatic rings. The number of carbonyl (C=O) groups is 2. The van der Waals surface area contributed by atoms with Crippen LogP contribution in [0.25, 0.3) is 21.7 Å². The predicted octanol–water partition coefficient (Wildman–Crippen LogP) is 2.80. The van der Waals surface area contributed by atoms with Crippen molar-refractivity contribution >= 4 is 39.4 Å². The first-order valence-corrected chi connectivity index (χ1v) is 8.28. The van der Waals surface area contributed by atoms with Crippen molar-refractivity contribution in [3.05, 3.63) is 46.4 Å². The third-order valence-electron chi connectivity index (χ3n) is 3.84. The number of nitrogens with zero attached hydrogens (tertiary/aromatic N) is 1. The molecule has 1 aromatic carbocycles. The lowest BCUT2D eigenvalue weighted by atomic mass is 10.1. The van der Waals surface area contributed by atoms with Gasteiger partial charge < -0.3 is 14.5 Å². The van der Waals surface area contributed by atoms with Crippen molar-refractivity contribution < 1.29 is 18.7 Å². The van der Waals surface area contributed by atoms with Crippen LogP contribution in [-0.2, 0) is 20.7 Å². The third-order valence-corrected chi connectivity index (χ3v) is 3.84. The largest absolute Gasteiger partial charge is 0.466 e. The van der Waals surface area contributed by atoms with Crippen molar-refractivity contribution in [2.24, 2.45) is 0 Å². The van der Waals surface area contributed by atoms with Gasteiger partial charge in [-0.2, -0.15) is 0 Å². The summed E-state index contributed by atoms with van der Waals surface area (Å²) in [6.07, 6.45) is 0.487. The Morgan fingerprint density at radius 3 is 2.73 bits per heavy atom. The van der Waals surface area contributed by atoms with Gasteiger partial charge in [-0.05, 0) is 19.1 Å². The number of pyridine rings is 1. The lowest BCUT2D eigenvalue weighted by Gasteiger charge is -2.10. The minimum atomic E-state index is -0.577. The first-order valence-electron chi connectivity index (χ1n) is 8.28. The Labute approximate surface area is 149 Å². The number of aryl methyl sites for hydroxylation is 1. The van der Waals surface area contributed by atoms with E-state index in [9.17, 15) is 14.4 Å². The van der Waals surface area contributed by atoms with E-state index in [-0.39, 0.29) is 29.5 Å². The fraction of sp³-hybridized carbons (Fsp3) is 0.263. The van der Waals surface area contributed by atoms with Gasteiger partial charge >= 0.3 is 11.6 Å². The fourth-order valence-electron chi connectivity index (χ4n) is 2.79. The molecule has 0 unspecified atom stereocenters. The van der Waals surface area contributed by atoms with E-state index in [4.69, 9.17) is 9.15 Å². The Morgan fingerprint density at radius 1 is 1.23 bits per heavy atom. The highest BCUT2D eigenvalue weighted by atomic mass is 16.5. The maximum atomic E-state index is 12.4. The van der Waals surface area contributed by atoms with E-state index in [0.717, 1.165) is 5.39 Å². The van der Waals surface area contributed by atoms with E-state index in [1.165, 1.54) is 6.92 Å². The van der Waals surface area contributed by atoms with Gasteiger partial charge in [0.2, 0.25) is 5.91 Å². The van der Waals surface area contributed by atoms with Gasteiger partial charge in [0.25, 0.3) is 0 Å². The van der Waals surface area contributed by atoms with Crippen molar-refractivity contribution in [3.63, 3.8) is 0 Å². The summed E-state index contributed by atoms with van der Waals surface area (Å²) >= 11 is 0. The van der Waals surface area contributed by atoms with Crippen LogP contribution in [0.1, 0.15) is 26.0 Å². The molecule has 0 aliphatic rings. The van der Waals surface area contributed by atoms with E-state index >= 15 is 0 Å². The van der Waals surface area contributed by atoms with Crippen LogP contribution in [0, 0.1) is 0 Å². The minimum absolute atomic E-state index is 0.133. The van der Waals surface area contributed by atoms with Gasteiger partial charge in [-0.15, -0.1) is 0 Å². The highest BCUT2D eigenvalue weighted by Gasteiger charge is 2.16. The molecule has 2 heterocycles. The Balaban J connectivity index is 2.18. The Kier molecular flexibility index (Phi) is 4.97. The molecular weight excluding hydrogens is 336 g/mol. The van der Waals surface area contributed by atoms with Gasteiger partial charge in [-0.1, -0.05) is 18.2 Å². The van der Waals surface area contributed by atoms with Crippen LogP contribution in [0.4, 0.5) is 5.82 Å². The SMILES string of the molecule is CCOC(=O)CCc1cc2c(c(NC(C)=O)n1)c(=O)oc1ccccc12. The van der Waals surface area contributed by atoms with Crippen LogP contribution in [-0.4, -0.2) is 23.5 Å². The highest BCUT2D eigenvalue weighted by molar-refractivity contribution is 6.09. The number of benzene rings is 1. The molecule has 0 saturated carbocycles. The summed E-state index contributed by atoms with van der Waals surface area (Å²) in [4.78, 5) is 39.9. The maximum Gasteiger partial charge on any atom is 0.347 e. The quantitative estimate of drug-likeness (QED) is 0.430. The van der Waals surface area contributed by atoms with Crippen molar-refractivity contribution in [3.8, 4) is 0 Å². The molecule has 0 fully saturated rings. The second-order valence-electron chi connectivity index (χ2n) is 5.76. The second kappa shape index (κ2) is 7.35. The second-order valence-corrected chi connectivity index (χ2v) is 5.76. The number of hydrogen-bond donors (Lipinski definition) is 1. The molecular formula is C19H18N2O5. The number of aromatic nitrogens is 1. The lowest BCUT2D eigenvalue weighted by molar-refractivity contribution is -0.143. The van der Waals surface area contributed by atoms with E-state index in [1.54, 1.807) is 25.1 Å².